The van der Waals surface area contributed by atoms with E-state index in [1.165, 1.54) is 18.3 Å². The summed E-state index contributed by atoms with van der Waals surface area (Å²) in [5.74, 6) is -0.410. The molecular formula is C9H11ClN2O3. The largest absolute Gasteiger partial charge is 0.394 e. The molecule has 0 aliphatic rings. The molecule has 1 heterocycles. The minimum Gasteiger partial charge on any atom is -0.394 e. The van der Waals surface area contributed by atoms with Crippen LogP contribution in [0, 0.1) is 0 Å². The molecule has 0 fully saturated rings. The van der Waals surface area contributed by atoms with Gasteiger partial charge in [-0.2, -0.15) is 0 Å². The first-order valence-electron chi connectivity index (χ1n) is 4.31. The Morgan fingerprint density at radius 2 is 2.13 bits per heavy atom. The molecule has 6 heteroatoms. The molecule has 3 N–H and O–H groups in total. The van der Waals surface area contributed by atoms with Crippen LogP contribution in [0.25, 0.3) is 0 Å². The maximum absolute atomic E-state index is 11.5. The third kappa shape index (κ3) is 3.47. The van der Waals surface area contributed by atoms with Crippen molar-refractivity contribution in [3.8, 4) is 0 Å². The highest BCUT2D eigenvalue weighted by Gasteiger charge is 2.11. The van der Waals surface area contributed by atoms with Gasteiger partial charge in [0.1, 0.15) is 5.15 Å². The second-order valence-corrected chi connectivity index (χ2v) is 3.29. The molecular weight excluding hydrogens is 220 g/mol. The molecule has 0 saturated heterocycles. The quantitative estimate of drug-likeness (QED) is 0.627. The van der Waals surface area contributed by atoms with E-state index in [4.69, 9.17) is 21.8 Å². The summed E-state index contributed by atoms with van der Waals surface area (Å²) in [5, 5.41) is 20.2. The number of aromatic nitrogens is 1. The number of carbonyl (C=O) groups is 1. The minimum atomic E-state index is -0.659. The number of nitrogens with one attached hydrogen (secondary N) is 1. The Labute approximate surface area is 91.7 Å². The van der Waals surface area contributed by atoms with Gasteiger partial charge in [-0.3, -0.25) is 4.79 Å². The summed E-state index contributed by atoms with van der Waals surface area (Å²) < 4.78 is 0. The number of aliphatic hydroxyl groups is 2. The van der Waals surface area contributed by atoms with Crippen LogP contribution in [0.15, 0.2) is 18.3 Å². The highest BCUT2D eigenvalue weighted by atomic mass is 35.5. The number of nitrogens with zero attached hydrogens (tertiary/aromatic N) is 1. The van der Waals surface area contributed by atoms with Crippen molar-refractivity contribution in [2.24, 2.45) is 0 Å². The summed E-state index contributed by atoms with van der Waals surface area (Å²) in [4.78, 5) is 15.2. The predicted molar refractivity (Wildman–Crippen MR) is 54.7 cm³/mol. The molecule has 0 unspecified atom stereocenters. The van der Waals surface area contributed by atoms with Crippen molar-refractivity contribution in [1.82, 2.24) is 10.3 Å². The van der Waals surface area contributed by atoms with Crippen LogP contribution in [0.1, 0.15) is 10.4 Å². The highest BCUT2D eigenvalue weighted by molar-refractivity contribution is 6.29. The van der Waals surface area contributed by atoms with Gasteiger partial charge < -0.3 is 15.5 Å². The van der Waals surface area contributed by atoms with E-state index in [-0.39, 0.29) is 13.2 Å². The van der Waals surface area contributed by atoms with Gasteiger partial charge in [0.2, 0.25) is 0 Å². The van der Waals surface area contributed by atoms with Crippen molar-refractivity contribution < 1.29 is 15.0 Å². The average Bonchev–Trinajstić information content (AvgIpc) is 2.26. The number of hydrogen-bond donors (Lipinski definition) is 3. The molecule has 0 atom stereocenters. The number of amides is 1. The number of aliphatic hydroxyl groups excluding tert-OH is 2. The third-order valence-electron chi connectivity index (χ3n) is 1.77. The van der Waals surface area contributed by atoms with Crippen molar-refractivity contribution in [1.29, 1.82) is 0 Å². The normalized spacial score (nSPS) is 10.4. The zero-order valence-electron chi connectivity index (χ0n) is 7.85. The highest BCUT2D eigenvalue weighted by Crippen LogP contribution is 2.05. The summed E-state index contributed by atoms with van der Waals surface area (Å²) in [6.45, 7) is -0.632. The van der Waals surface area contributed by atoms with Crippen molar-refractivity contribution >= 4 is 17.5 Å². The number of hydrogen-bond acceptors (Lipinski definition) is 4. The number of rotatable bonds is 4. The molecule has 1 rings (SSSR count). The Bertz CT molecular complexity index is 325. The van der Waals surface area contributed by atoms with Crippen molar-refractivity contribution in [2.45, 2.75) is 6.04 Å². The Hall–Kier alpha value is -1.17. The lowest BCUT2D eigenvalue weighted by Crippen LogP contribution is -2.40. The lowest BCUT2D eigenvalue weighted by atomic mass is 10.2. The fourth-order valence-electron chi connectivity index (χ4n) is 0.928. The molecule has 0 radical (unpaired) electrons. The van der Waals surface area contributed by atoms with Crippen LogP contribution in [0.4, 0.5) is 0 Å². The van der Waals surface area contributed by atoms with Crippen molar-refractivity contribution in [3.05, 3.63) is 29.0 Å². The summed E-state index contributed by atoms with van der Waals surface area (Å²) in [5.41, 5.74) is 0.325. The number of pyridine rings is 1. The molecule has 1 aromatic heterocycles. The summed E-state index contributed by atoms with van der Waals surface area (Å²) in [7, 11) is 0. The Balaban J connectivity index is 2.64. The lowest BCUT2D eigenvalue weighted by Gasteiger charge is -2.12. The molecule has 1 amide bonds. The van der Waals surface area contributed by atoms with E-state index in [1.807, 2.05) is 0 Å². The van der Waals surface area contributed by atoms with Gasteiger partial charge >= 0.3 is 0 Å². The molecule has 5 nitrogen and oxygen atoms in total. The fraction of sp³-hybridized carbons (Fsp3) is 0.333. The van der Waals surface area contributed by atoms with E-state index in [0.717, 1.165) is 0 Å². The van der Waals surface area contributed by atoms with Gasteiger partial charge in [0.25, 0.3) is 5.91 Å². The van der Waals surface area contributed by atoms with E-state index >= 15 is 0 Å². The van der Waals surface area contributed by atoms with Crippen LogP contribution in [0.2, 0.25) is 5.15 Å². The average molecular weight is 231 g/mol. The van der Waals surface area contributed by atoms with E-state index in [0.29, 0.717) is 10.7 Å². The second-order valence-electron chi connectivity index (χ2n) is 2.91. The van der Waals surface area contributed by atoms with Crippen LogP contribution in [-0.2, 0) is 0 Å². The van der Waals surface area contributed by atoms with Crippen LogP contribution in [0.3, 0.4) is 0 Å². The minimum absolute atomic E-state index is 0.299. The van der Waals surface area contributed by atoms with Gasteiger partial charge in [0.05, 0.1) is 24.8 Å². The van der Waals surface area contributed by atoms with Gasteiger partial charge in [-0.15, -0.1) is 0 Å². The molecule has 0 aliphatic carbocycles. The fourth-order valence-corrected chi connectivity index (χ4v) is 1.04. The van der Waals surface area contributed by atoms with Crippen molar-refractivity contribution in [3.63, 3.8) is 0 Å². The summed E-state index contributed by atoms with van der Waals surface area (Å²) in [6, 6.07) is 2.34. The van der Waals surface area contributed by atoms with E-state index in [9.17, 15) is 4.79 Å². The Kier molecular flexibility index (Phi) is 4.48. The van der Waals surface area contributed by atoms with E-state index in [2.05, 4.69) is 10.3 Å². The number of halogens is 1. The standard InChI is InChI=1S/C9H11ClN2O3/c10-8-2-1-6(3-11-8)9(15)12-7(4-13)5-14/h1-3,7,13-14H,4-5H2,(H,12,15). The Morgan fingerprint density at radius 1 is 1.47 bits per heavy atom. The molecule has 15 heavy (non-hydrogen) atoms. The molecule has 1 aromatic rings. The monoisotopic (exact) mass is 230 g/mol. The predicted octanol–water partition coefficient (Wildman–Crippen LogP) is -0.182. The van der Waals surface area contributed by atoms with Gasteiger partial charge in [-0.05, 0) is 12.1 Å². The lowest BCUT2D eigenvalue weighted by molar-refractivity contribution is 0.0879. The molecule has 0 spiro atoms. The molecule has 0 aromatic carbocycles. The zero-order valence-corrected chi connectivity index (χ0v) is 8.61. The molecule has 0 bridgehead atoms. The van der Waals surface area contributed by atoms with Gasteiger partial charge in [-0.1, -0.05) is 11.6 Å². The topological polar surface area (TPSA) is 82.5 Å². The van der Waals surface area contributed by atoms with Crippen LogP contribution >= 0.6 is 11.6 Å². The van der Waals surface area contributed by atoms with E-state index in [1.54, 1.807) is 0 Å². The Morgan fingerprint density at radius 3 is 2.60 bits per heavy atom. The maximum atomic E-state index is 11.5. The van der Waals surface area contributed by atoms with E-state index < -0.39 is 11.9 Å². The van der Waals surface area contributed by atoms with Gasteiger partial charge in [0, 0.05) is 6.20 Å². The second kappa shape index (κ2) is 5.65. The smallest absolute Gasteiger partial charge is 0.253 e. The van der Waals surface area contributed by atoms with Crippen molar-refractivity contribution in [2.75, 3.05) is 13.2 Å². The summed E-state index contributed by atoms with van der Waals surface area (Å²) >= 11 is 5.55. The first-order valence-corrected chi connectivity index (χ1v) is 4.69. The van der Waals surface area contributed by atoms with Gasteiger partial charge in [0.15, 0.2) is 0 Å². The molecule has 0 aliphatic heterocycles. The molecule has 82 valence electrons. The van der Waals surface area contributed by atoms with Crippen LogP contribution in [0.5, 0.6) is 0 Å². The van der Waals surface area contributed by atoms with Gasteiger partial charge in [-0.25, -0.2) is 4.98 Å². The van der Waals surface area contributed by atoms with Crippen LogP contribution in [-0.4, -0.2) is 40.4 Å². The number of carbonyl (C=O) groups excluding carboxylic acids is 1. The first-order chi connectivity index (χ1) is 7.17. The summed E-state index contributed by atoms with van der Waals surface area (Å²) in [6.07, 6.45) is 1.32. The van der Waals surface area contributed by atoms with Crippen LogP contribution < -0.4 is 5.32 Å². The first kappa shape index (κ1) is 11.9. The molecule has 0 saturated carbocycles. The zero-order chi connectivity index (χ0) is 11.3. The third-order valence-corrected chi connectivity index (χ3v) is 1.99. The maximum Gasteiger partial charge on any atom is 0.253 e. The SMILES string of the molecule is O=C(NC(CO)CO)c1ccc(Cl)nc1.